The molecule has 0 bridgehead atoms. The van der Waals surface area contributed by atoms with Crippen molar-refractivity contribution in [3.05, 3.63) is 58.4 Å². The average Bonchev–Trinajstić information content (AvgIpc) is 3.02. The van der Waals surface area contributed by atoms with E-state index in [1.165, 1.54) is 36.4 Å². The van der Waals surface area contributed by atoms with Gasteiger partial charge in [0.15, 0.2) is 5.76 Å². The molecule has 0 fully saturated rings. The van der Waals surface area contributed by atoms with E-state index in [-0.39, 0.29) is 32.6 Å². The lowest BCUT2D eigenvalue weighted by atomic mass is 10.1. The molecule has 0 saturated heterocycles. The number of halogens is 5. The molecule has 0 atom stereocenters. The second kappa shape index (κ2) is 6.83. The fourth-order valence-corrected chi connectivity index (χ4v) is 3.40. The van der Waals surface area contributed by atoms with Crippen LogP contribution in [0.4, 0.5) is 13.2 Å². The normalized spacial score (nSPS) is 12.4. The van der Waals surface area contributed by atoms with Crippen LogP contribution in [0, 0.1) is 0 Å². The van der Waals surface area contributed by atoms with Crippen LogP contribution in [0.15, 0.2) is 51.8 Å². The highest BCUT2D eigenvalue weighted by atomic mass is 35.5. The highest BCUT2D eigenvalue weighted by Crippen LogP contribution is 2.41. The van der Waals surface area contributed by atoms with Crippen molar-refractivity contribution in [1.82, 2.24) is 4.98 Å². The molecule has 142 valence electrons. The predicted octanol–water partition coefficient (Wildman–Crippen LogP) is 4.98. The maximum Gasteiger partial charge on any atom is 0.468 e. The van der Waals surface area contributed by atoms with Gasteiger partial charge in [-0.25, -0.2) is 18.5 Å². The molecule has 0 spiro atoms. The lowest BCUT2D eigenvalue weighted by Crippen LogP contribution is -2.13. The molecular formula is C16H9Cl2F3N2O3S. The Bertz CT molecular complexity index is 1130. The molecule has 2 aromatic carbocycles. The number of rotatable bonds is 3. The first kappa shape index (κ1) is 19.7. The Hall–Kier alpha value is -2.07. The van der Waals surface area contributed by atoms with Crippen LogP contribution in [-0.2, 0) is 16.2 Å². The number of sulfonamides is 1. The summed E-state index contributed by atoms with van der Waals surface area (Å²) >= 11 is 11.8. The van der Waals surface area contributed by atoms with Gasteiger partial charge in [0, 0.05) is 11.1 Å². The summed E-state index contributed by atoms with van der Waals surface area (Å²) in [5, 5.41) is 5.43. The molecule has 0 saturated carbocycles. The van der Waals surface area contributed by atoms with Crippen LogP contribution < -0.4 is 5.14 Å². The summed E-state index contributed by atoms with van der Waals surface area (Å²) in [6, 6.07) is 9.28. The third-order valence-corrected chi connectivity index (χ3v) is 5.21. The van der Waals surface area contributed by atoms with E-state index < -0.39 is 27.0 Å². The Morgan fingerprint density at radius 3 is 2.30 bits per heavy atom. The van der Waals surface area contributed by atoms with Gasteiger partial charge in [0.25, 0.3) is 0 Å². The van der Waals surface area contributed by atoms with Crippen molar-refractivity contribution in [1.29, 1.82) is 0 Å². The monoisotopic (exact) mass is 436 g/mol. The molecule has 3 aromatic rings. The van der Waals surface area contributed by atoms with Crippen LogP contribution in [0.25, 0.3) is 22.6 Å². The molecule has 2 N–H and O–H groups in total. The quantitative estimate of drug-likeness (QED) is 0.626. The van der Waals surface area contributed by atoms with E-state index in [0.29, 0.717) is 0 Å². The number of nitrogens with zero attached hydrogens (tertiary/aromatic N) is 1. The van der Waals surface area contributed by atoms with Crippen molar-refractivity contribution in [2.24, 2.45) is 5.14 Å². The van der Waals surface area contributed by atoms with E-state index in [1.807, 2.05) is 0 Å². The zero-order valence-electron chi connectivity index (χ0n) is 13.1. The Kier molecular flexibility index (Phi) is 4.98. The maximum atomic E-state index is 13.1. The molecule has 0 aliphatic rings. The van der Waals surface area contributed by atoms with Crippen LogP contribution in [0.2, 0.25) is 10.0 Å². The number of alkyl halides is 3. The number of hydrogen-bond donors (Lipinski definition) is 1. The van der Waals surface area contributed by atoms with Crippen LogP contribution in [-0.4, -0.2) is 13.4 Å². The molecule has 11 heteroatoms. The fourth-order valence-electron chi connectivity index (χ4n) is 2.37. The Balaban J connectivity index is 2.34. The number of benzene rings is 2. The highest BCUT2D eigenvalue weighted by Gasteiger charge is 2.39. The Morgan fingerprint density at radius 1 is 1.04 bits per heavy atom. The zero-order valence-corrected chi connectivity index (χ0v) is 15.4. The largest absolute Gasteiger partial charge is 0.468 e. The van der Waals surface area contributed by atoms with Crippen molar-refractivity contribution >= 4 is 33.2 Å². The lowest BCUT2D eigenvalue weighted by Gasteiger charge is -2.07. The Morgan fingerprint density at radius 2 is 1.70 bits per heavy atom. The summed E-state index contributed by atoms with van der Waals surface area (Å²) in [6.45, 7) is 0. The minimum atomic E-state index is -4.89. The van der Waals surface area contributed by atoms with Gasteiger partial charge in [0.05, 0.1) is 14.9 Å². The lowest BCUT2D eigenvalue weighted by molar-refractivity contribution is -0.156. The SMILES string of the molecule is NS(=O)(=O)c1ccccc1-c1nc(C(F)(F)F)oc1-c1ccc(Cl)c(Cl)c1. The minimum absolute atomic E-state index is 0.0739. The standard InChI is InChI=1S/C16H9Cl2F3N2O3S/c17-10-6-5-8(7-11(10)18)14-13(23-15(26-14)16(19,20)21)9-3-1-2-4-12(9)27(22,24)25/h1-7H,(H2,22,24,25). The number of hydrogen-bond acceptors (Lipinski definition) is 4. The van der Waals surface area contributed by atoms with E-state index in [1.54, 1.807) is 0 Å². The summed E-state index contributed by atoms with van der Waals surface area (Å²) in [6.07, 6.45) is -4.89. The summed E-state index contributed by atoms with van der Waals surface area (Å²) in [5.41, 5.74) is -0.350. The van der Waals surface area contributed by atoms with Crippen LogP contribution in [0.1, 0.15) is 5.89 Å². The van der Waals surface area contributed by atoms with Gasteiger partial charge in [0.2, 0.25) is 10.0 Å². The molecule has 0 unspecified atom stereocenters. The summed E-state index contributed by atoms with van der Waals surface area (Å²) < 4.78 is 68.0. The second-order valence-corrected chi connectivity index (χ2v) is 7.71. The van der Waals surface area contributed by atoms with Crippen molar-refractivity contribution in [2.45, 2.75) is 11.1 Å². The van der Waals surface area contributed by atoms with Gasteiger partial charge >= 0.3 is 12.1 Å². The minimum Gasteiger partial charge on any atom is -0.432 e. The molecule has 1 aromatic heterocycles. The predicted molar refractivity (Wildman–Crippen MR) is 93.8 cm³/mol. The fraction of sp³-hybridized carbons (Fsp3) is 0.0625. The Labute approximate surface area is 161 Å². The molecule has 0 radical (unpaired) electrons. The number of primary sulfonamides is 1. The van der Waals surface area contributed by atoms with Crippen LogP contribution >= 0.6 is 23.2 Å². The van der Waals surface area contributed by atoms with Crippen molar-refractivity contribution in [3.8, 4) is 22.6 Å². The van der Waals surface area contributed by atoms with Crippen molar-refractivity contribution < 1.29 is 26.0 Å². The first-order chi connectivity index (χ1) is 12.5. The third kappa shape index (κ3) is 3.96. The van der Waals surface area contributed by atoms with Gasteiger partial charge in [-0.1, -0.05) is 41.4 Å². The molecule has 5 nitrogen and oxygen atoms in total. The molecule has 0 aliphatic carbocycles. The summed E-state index contributed by atoms with van der Waals surface area (Å²) in [7, 11) is -4.23. The van der Waals surface area contributed by atoms with Gasteiger partial charge in [-0.15, -0.1) is 0 Å². The van der Waals surface area contributed by atoms with Gasteiger partial charge in [-0.2, -0.15) is 13.2 Å². The van der Waals surface area contributed by atoms with Crippen molar-refractivity contribution in [2.75, 3.05) is 0 Å². The zero-order chi connectivity index (χ0) is 20.0. The molecule has 0 aliphatic heterocycles. The molecular weight excluding hydrogens is 428 g/mol. The van der Waals surface area contributed by atoms with E-state index in [2.05, 4.69) is 4.98 Å². The van der Waals surface area contributed by atoms with Crippen LogP contribution in [0.5, 0.6) is 0 Å². The van der Waals surface area contributed by atoms with Gasteiger partial charge in [-0.05, 0) is 24.3 Å². The first-order valence-corrected chi connectivity index (χ1v) is 9.44. The summed E-state index contributed by atoms with van der Waals surface area (Å²) in [5.74, 6) is -1.86. The molecule has 27 heavy (non-hydrogen) atoms. The number of nitrogens with two attached hydrogens (primary N) is 1. The smallest absolute Gasteiger partial charge is 0.432 e. The van der Waals surface area contributed by atoms with Gasteiger partial charge in [0.1, 0.15) is 5.69 Å². The maximum absolute atomic E-state index is 13.1. The van der Waals surface area contributed by atoms with E-state index >= 15 is 0 Å². The molecule has 1 heterocycles. The van der Waals surface area contributed by atoms with Crippen LogP contribution in [0.3, 0.4) is 0 Å². The van der Waals surface area contributed by atoms with E-state index in [4.69, 9.17) is 32.8 Å². The topological polar surface area (TPSA) is 86.2 Å². The summed E-state index contributed by atoms with van der Waals surface area (Å²) in [4.78, 5) is 3.07. The highest BCUT2D eigenvalue weighted by molar-refractivity contribution is 7.89. The molecule has 0 amide bonds. The second-order valence-electron chi connectivity index (χ2n) is 5.36. The average molecular weight is 437 g/mol. The van der Waals surface area contributed by atoms with E-state index in [0.717, 1.165) is 6.07 Å². The van der Waals surface area contributed by atoms with Gasteiger partial charge in [-0.3, -0.25) is 0 Å². The number of oxazole rings is 1. The third-order valence-electron chi connectivity index (χ3n) is 3.50. The first-order valence-electron chi connectivity index (χ1n) is 7.14. The van der Waals surface area contributed by atoms with E-state index in [9.17, 15) is 21.6 Å². The number of aromatic nitrogens is 1. The molecule has 3 rings (SSSR count). The van der Waals surface area contributed by atoms with Gasteiger partial charge < -0.3 is 4.42 Å². The van der Waals surface area contributed by atoms with Crippen molar-refractivity contribution in [3.63, 3.8) is 0 Å².